The van der Waals surface area contributed by atoms with E-state index in [1.807, 2.05) is 0 Å². The topological polar surface area (TPSA) is 237 Å². The van der Waals surface area contributed by atoms with Crippen molar-refractivity contribution in [3.8, 4) is 0 Å². The number of hydrogen-bond acceptors (Lipinski definition) is 15. The first-order valence-electron chi connectivity index (χ1n) is 41.1. The highest BCUT2D eigenvalue weighted by Gasteiger charge is 2.30. The standard InChI is InChI=1S/C80H152O17P2/c1-5-9-13-17-21-25-29-32-35-37-38-41-44-47-51-55-59-63-67-80(85)97-76(71-91-78(83)65-61-57-53-49-45-42-40-36-33-30-26-22-18-14-10-6-2)73-95-99(88,89)93-69-74(81)68-92-98(86,87)94-72-75(70-90-77(82)64-60-56-52-48-28-24-20-16-12-8-4)96-79(84)66-62-58-54-50-46-43-39-34-31-27-23-19-15-11-7-3/h27,31,34,39,74-76,81H,5-26,28-30,32-33,35-38,40-73H2,1-4H3,(H,86,87)(H,88,89)/b31-27-,39-34-/t74-,75+,76+/m0/s1. The van der Waals surface area contributed by atoms with Crippen LogP contribution in [-0.2, 0) is 65.4 Å². The number of hydrogen-bond donors (Lipinski definition) is 3. The Bertz CT molecular complexity index is 1970. The van der Waals surface area contributed by atoms with E-state index in [1.165, 1.54) is 225 Å². The summed E-state index contributed by atoms with van der Waals surface area (Å²) in [5, 5.41) is 10.6. The van der Waals surface area contributed by atoms with Crippen LogP contribution in [0, 0.1) is 0 Å². The Kier molecular flexibility index (Phi) is 72.0. The summed E-state index contributed by atoms with van der Waals surface area (Å²) in [5.41, 5.74) is 0. The number of phosphoric ester groups is 2. The second-order valence-corrected chi connectivity index (χ2v) is 31.0. The van der Waals surface area contributed by atoms with Crippen molar-refractivity contribution in [1.82, 2.24) is 0 Å². The molecule has 0 aliphatic carbocycles. The van der Waals surface area contributed by atoms with Gasteiger partial charge in [0.05, 0.1) is 26.4 Å². The molecule has 0 aromatic heterocycles. The average Bonchev–Trinajstić information content (AvgIpc) is 1.15. The molecule has 584 valence electrons. The van der Waals surface area contributed by atoms with Gasteiger partial charge in [-0.05, 0) is 51.4 Å². The lowest BCUT2D eigenvalue weighted by Gasteiger charge is -2.21. The van der Waals surface area contributed by atoms with Gasteiger partial charge in [0.15, 0.2) is 12.2 Å². The van der Waals surface area contributed by atoms with Crippen molar-refractivity contribution in [2.45, 2.75) is 425 Å². The van der Waals surface area contributed by atoms with Crippen LogP contribution in [-0.4, -0.2) is 96.7 Å². The predicted molar refractivity (Wildman–Crippen MR) is 405 cm³/mol. The van der Waals surface area contributed by atoms with Crippen molar-refractivity contribution in [3.05, 3.63) is 24.3 Å². The summed E-state index contributed by atoms with van der Waals surface area (Å²) >= 11 is 0. The van der Waals surface area contributed by atoms with Gasteiger partial charge in [-0.2, -0.15) is 0 Å². The highest BCUT2D eigenvalue weighted by Crippen LogP contribution is 2.45. The number of carbonyl (C=O) groups excluding carboxylic acids is 4. The first-order valence-corrected chi connectivity index (χ1v) is 44.1. The Morgan fingerprint density at radius 2 is 0.485 bits per heavy atom. The minimum atomic E-state index is -4.96. The Labute approximate surface area is 605 Å². The Morgan fingerprint density at radius 3 is 0.737 bits per heavy atom. The second kappa shape index (κ2) is 73.8. The number of ether oxygens (including phenoxy) is 4. The van der Waals surface area contributed by atoms with Crippen LogP contribution in [0.15, 0.2) is 24.3 Å². The summed E-state index contributed by atoms with van der Waals surface area (Å²) in [5.74, 6) is -2.14. The summed E-state index contributed by atoms with van der Waals surface area (Å²) in [6.45, 7) is 4.95. The van der Waals surface area contributed by atoms with Crippen LogP contribution in [0.3, 0.4) is 0 Å². The second-order valence-electron chi connectivity index (χ2n) is 28.1. The zero-order valence-corrected chi connectivity index (χ0v) is 65.7. The van der Waals surface area contributed by atoms with Gasteiger partial charge in [-0.3, -0.25) is 37.3 Å². The molecule has 0 aliphatic rings. The average molecular weight is 1450 g/mol. The minimum Gasteiger partial charge on any atom is -0.462 e. The van der Waals surface area contributed by atoms with E-state index in [4.69, 9.17) is 37.0 Å². The van der Waals surface area contributed by atoms with Crippen LogP contribution in [0.25, 0.3) is 0 Å². The summed E-state index contributed by atoms with van der Waals surface area (Å²) in [4.78, 5) is 72.9. The van der Waals surface area contributed by atoms with Crippen LogP contribution >= 0.6 is 15.6 Å². The molecular formula is C80H152O17P2. The normalized spacial score (nSPS) is 14.0. The molecule has 0 saturated carbocycles. The number of phosphoric acid groups is 2. The first-order chi connectivity index (χ1) is 48.2. The fourth-order valence-electron chi connectivity index (χ4n) is 11.9. The zero-order valence-electron chi connectivity index (χ0n) is 64.0. The fourth-order valence-corrected chi connectivity index (χ4v) is 13.5. The SMILES string of the molecule is CCCCCC/C=C\C=C/CCCCCCCC(=O)O[C@H](COC(=O)CCCCCCCCCCCC)COP(=O)(O)OC[C@H](O)COP(=O)(O)OC[C@@H](COC(=O)CCCCCCCCCCCCCCCCCC)OC(=O)CCCCCCCCCCCCCCCCCCCC. The maximum absolute atomic E-state index is 13.1. The smallest absolute Gasteiger partial charge is 0.462 e. The molecule has 0 aliphatic heterocycles. The van der Waals surface area contributed by atoms with Gasteiger partial charge in [0.25, 0.3) is 0 Å². The lowest BCUT2D eigenvalue weighted by Crippen LogP contribution is -2.30. The van der Waals surface area contributed by atoms with Crippen molar-refractivity contribution in [1.29, 1.82) is 0 Å². The van der Waals surface area contributed by atoms with Crippen LogP contribution in [0.5, 0.6) is 0 Å². The molecule has 0 rings (SSSR count). The molecule has 3 N–H and O–H groups in total. The number of carbonyl (C=O) groups is 4. The van der Waals surface area contributed by atoms with Crippen molar-refractivity contribution < 1.29 is 80.2 Å². The van der Waals surface area contributed by atoms with Crippen molar-refractivity contribution >= 4 is 39.5 Å². The van der Waals surface area contributed by atoms with Crippen molar-refractivity contribution in [2.24, 2.45) is 0 Å². The molecule has 17 nitrogen and oxygen atoms in total. The quantitative estimate of drug-likeness (QED) is 0.0169. The van der Waals surface area contributed by atoms with E-state index in [9.17, 15) is 43.2 Å². The molecule has 5 atom stereocenters. The van der Waals surface area contributed by atoms with Gasteiger partial charge in [-0.1, -0.05) is 354 Å². The Morgan fingerprint density at radius 1 is 0.283 bits per heavy atom. The third-order valence-electron chi connectivity index (χ3n) is 18.2. The molecule has 0 aromatic rings. The molecule has 0 fully saturated rings. The summed E-state index contributed by atoms with van der Waals surface area (Å²) in [7, 11) is -9.93. The Balaban J connectivity index is 5.27. The molecule has 0 heterocycles. The molecule has 0 spiro atoms. The van der Waals surface area contributed by atoms with E-state index in [1.54, 1.807) is 0 Å². The van der Waals surface area contributed by atoms with Crippen LogP contribution in [0.4, 0.5) is 0 Å². The summed E-state index contributed by atoms with van der Waals surface area (Å²) in [6.07, 6.45) is 68.7. The monoisotopic (exact) mass is 1450 g/mol. The number of allylic oxidation sites excluding steroid dienone is 4. The number of aliphatic hydroxyl groups is 1. The van der Waals surface area contributed by atoms with E-state index < -0.39 is 97.5 Å². The van der Waals surface area contributed by atoms with E-state index in [0.29, 0.717) is 25.7 Å². The first kappa shape index (κ1) is 96.5. The molecular weight excluding hydrogens is 1290 g/mol. The molecule has 99 heavy (non-hydrogen) atoms. The molecule has 0 aromatic carbocycles. The fraction of sp³-hybridized carbons (Fsp3) is 0.900. The van der Waals surface area contributed by atoms with E-state index in [2.05, 4.69) is 52.0 Å². The van der Waals surface area contributed by atoms with Crippen LogP contribution in [0.2, 0.25) is 0 Å². The lowest BCUT2D eigenvalue weighted by atomic mass is 10.0. The van der Waals surface area contributed by atoms with Gasteiger partial charge in [-0.25, -0.2) is 9.13 Å². The van der Waals surface area contributed by atoms with Crippen LogP contribution in [0.1, 0.15) is 407 Å². The number of esters is 4. The highest BCUT2D eigenvalue weighted by atomic mass is 31.2. The Hall–Kier alpha value is -2.46. The van der Waals surface area contributed by atoms with Gasteiger partial charge >= 0.3 is 39.5 Å². The third-order valence-corrected chi connectivity index (χ3v) is 20.1. The largest absolute Gasteiger partial charge is 0.472 e. The molecule has 0 saturated heterocycles. The number of rotatable bonds is 79. The lowest BCUT2D eigenvalue weighted by molar-refractivity contribution is -0.161. The maximum atomic E-state index is 13.1. The van der Waals surface area contributed by atoms with E-state index >= 15 is 0 Å². The molecule has 0 radical (unpaired) electrons. The van der Waals surface area contributed by atoms with Crippen LogP contribution < -0.4 is 0 Å². The number of aliphatic hydroxyl groups excluding tert-OH is 1. The number of unbranched alkanes of at least 4 members (excludes halogenated alkanes) is 50. The van der Waals surface area contributed by atoms with E-state index in [0.717, 1.165) is 103 Å². The predicted octanol–water partition coefficient (Wildman–Crippen LogP) is 23.7. The van der Waals surface area contributed by atoms with E-state index in [-0.39, 0.29) is 25.7 Å². The molecule has 2 unspecified atom stereocenters. The van der Waals surface area contributed by atoms with Gasteiger partial charge in [-0.15, -0.1) is 0 Å². The van der Waals surface area contributed by atoms with Crippen molar-refractivity contribution in [2.75, 3.05) is 39.6 Å². The van der Waals surface area contributed by atoms with Crippen molar-refractivity contribution in [3.63, 3.8) is 0 Å². The molecule has 19 heteroatoms. The van der Waals surface area contributed by atoms with Gasteiger partial charge in [0.2, 0.25) is 0 Å². The summed E-state index contributed by atoms with van der Waals surface area (Å²) < 4.78 is 68.6. The third kappa shape index (κ3) is 73.6. The van der Waals surface area contributed by atoms with Gasteiger partial charge < -0.3 is 33.8 Å². The maximum Gasteiger partial charge on any atom is 0.472 e. The molecule has 0 bridgehead atoms. The van der Waals surface area contributed by atoms with Gasteiger partial charge in [0.1, 0.15) is 19.3 Å². The molecule has 0 amide bonds. The summed E-state index contributed by atoms with van der Waals surface area (Å²) in [6, 6.07) is 0. The highest BCUT2D eigenvalue weighted by molar-refractivity contribution is 7.47. The minimum absolute atomic E-state index is 0.0858. The zero-order chi connectivity index (χ0) is 72.5. The van der Waals surface area contributed by atoms with Gasteiger partial charge in [0, 0.05) is 25.7 Å².